The molecule has 0 bridgehead atoms. The summed E-state index contributed by atoms with van der Waals surface area (Å²) in [6.45, 7) is 16.8. The predicted octanol–water partition coefficient (Wildman–Crippen LogP) is 2.24. The van der Waals surface area contributed by atoms with Crippen LogP contribution < -0.4 is 20.7 Å². The quantitative estimate of drug-likeness (QED) is 0.0565. The number of carbonyl (C=O) groups is 5. The van der Waals surface area contributed by atoms with E-state index < -0.39 is 46.8 Å². The summed E-state index contributed by atoms with van der Waals surface area (Å²) >= 11 is 0.877. The Morgan fingerprint density at radius 2 is 1.77 bits per heavy atom. The number of hydrogen-bond donors (Lipinski definition) is 4. The fourth-order valence-electron chi connectivity index (χ4n) is 3.97. The lowest BCUT2D eigenvalue weighted by Crippen LogP contribution is -2.58. The van der Waals surface area contributed by atoms with E-state index in [1.807, 2.05) is 27.7 Å². The van der Waals surface area contributed by atoms with Gasteiger partial charge in [-0.1, -0.05) is 40.2 Å². The Kier molecular flexibility index (Phi) is 14.7. The second-order valence-corrected chi connectivity index (χ2v) is 12.4. The van der Waals surface area contributed by atoms with E-state index in [9.17, 15) is 24.0 Å². The molecule has 12 nitrogen and oxygen atoms in total. The lowest BCUT2D eigenvalue weighted by atomic mass is 9.85. The summed E-state index contributed by atoms with van der Waals surface area (Å²) in [5, 5.41) is 7.66. The van der Waals surface area contributed by atoms with Crippen molar-refractivity contribution in [3.63, 3.8) is 0 Å². The van der Waals surface area contributed by atoms with Gasteiger partial charge in [0.25, 0.3) is 5.91 Å². The van der Waals surface area contributed by atoms with E-state index in [1.54, 1.807) is 25.7 Å². The van der Waals surface area contributed by atoms with Gasteiger partial charge in [0.15, 0.2) is 0 Å². The van der Waals surface area contributed by atoms with Gasteiger partial charge in [0.05, 0.1) is 30.9 Å². The molecule has 1 aliphatic heterocycles. The fourth-order valence-corrected chi connectivity index (χ4v) is 4.61. The number of rotatable bonds is 15. The number of hydrogen-bond acceptors (Lipinski definition) is 9. The van der Waals surface area contributed by atoms with Crippen LogP contribution in [0.1, 0.15) is 74.1 Å². The lowest BCUT2D eigenvalue weighted by Gasteiger charge is -2.35. The number of urea groups is 1. The van der Waals surface area contributed by atoms with Gasteiger partial charge in [-0.3, -0.25) is 23.4 Å². The van der Waals surface area contributed by atoms with Crippen LogP contribution in [0.15, 0.2) is 12.7 Å². The van der Waals surface area contributed by atoms with Gasteiger partial charge in [-0.15, -0.1) is 6.58 Å². The average Bonchev–Trinajstić information content (AvgIpc) is 3.32. The fraction of sp³-hybridized carbons (Fsp3) is 0.741. The number of likely N-dealkylation sites (tertiary alicyclic amines) is 1. The second kappa shape index (κ2) is 16.6. The van der Waals surface area contributed by atoms with Crippen molar-refractivity contribution in [2.75, 3.05) is 26.2 Å². The van der Waals surface area contributed by atoms with Crippen LogP contribution in [0.25, 0.3) is 0 Å². The smallest absolute Gasteiger partial charge is 0.325 e. The van der Waals surface area contributed by atoms with Gasteiger partial charge in [-0.2, -0.15) is 0 Å². The number of ether oxygens (including phenoxy) is 1. The summed E-state index contributed by atoms with van der Waals surface area (Å²) in [6.07, 6.45) is 4.14. The Hall–Kier alpha value is -2.64. The summed E-state index contributed by atoms with van der Waals surface area (Å²) in [5.74, 6) is -2.09. The molecule has 1 aliphatic rings. The van der Waals surface area contributed by atoms with E-state index in [0.29, 0.717) is 19.4 Å². The minimum Gasteiger partial charge on any atom is -0.459 e. The maximum absolute atomic E-state index is 13.6. The highest BCUT2D eigenvalue weighted by atomic mass is 32.2. The van der Waals surface area contributed by atoms with Crippen LogP contribution >= 0.6 is 12.2 Å². The molecule has 4 amide bonds. The third kappa shape index (κ3) is 12.7. The van der Waals surface area contributed by atoms with Crippen LogP contribution in [0.5, 0.6) is 0 Å². The zero-order valence-electron chi connectivity index (χ0n) is 24.9. The standard InChI is InChI=1S/C27H47N5O7S/c1-9-12-19(21(34)23(35)28-14-10-2)31-40-38-17-18-13-11-15-32(18)24(36)22(26(3,4)5)30-25(37)29-16-20(33)39-27(6,7)8/h10,18-19,22,31H,2,9,11-17H2,1,3-8H3,(H,28,35)(H2,29,30,37). The molecule has 0 aromatic heterocycles. The second-order valence-electron chi connectivity index (χ2n) is 11.7. The Balaban J connectivity index is 2.71. The first kappa shape index (κ1) is 35.4. The molecule has 13 heteroatoms. The molecule has 4 N–H and O–H groups in total. The molecule has 228 valence electrons. The van der Waals surface area contributed by atoms with E-state index in [4.69, 9.17) is 8.92 Å². The first-order chi connectivity index (χ1) is 18.6. The van der Waals surface area contributed by atoms with E-state index in [-0.39, 0.29) is 31.6 Å². The van der Waals surface area contributed by atoms with Crippen LogP contribution in [0.3, 0.4) is 0 Å². The monoisotopic (exact) mass is 585 g/mol. The highest BCUT2D eigenvalue weighted by Crippen LogP contribution is 2.26. The highest BCUT2D eigenvalue weighted by molar-refractivity contribution is 7.92. The molecule has 3 unspecified atom stereocenters. The van der Waals surface area contributed by atoms with E-state index in [1.165, 1.54) is 6.08 Å². The largest absolute Gasteiger partial charge is 0.459 e. The van der Waals surface area contributed by atoms with Crippen molar-refractivity contribution in [2.24, 2.45) is 5.41 Å². The molecule has 0 aromatic rings. The summed E-state index contributed by atoms with van der Waals surface area (Å²) < 4.78 is 13.8. The number of nitrogens with zero attached hydrogens (tertiary/aromatic N) is 1. The average molecular weight is 586 g/mol. The topological polar surface area (TPSA) is 155 Å². The van der Waals surface area contributed by atoms with Crippen molar-refractivity contribution >= 4 is 41.8 Å². The third-order valence-corrected chi connectivity index (χ3v) is 6.53. The third-order valence-electron chi connectivity index (χ3n) is 5.90. The molecular formula is C27H47N5O7S. The highest BCUT2D eigenvalue weighted by Gasteiger charge is 2.40. The van der Waals surface area contributed by atoms with Crippen molar-refractivity contribution in [3.05, 3.63) is 12.7 Å². The number of carbonyl (C=O) groups excluding carboxylic acids is 5. The SMILES string of the molecule is C=CCNC(=O)C(=O)C(CCC)NSOCC1CCCN1C(=O)C(NC(=O)NCC(=O)OC(C)(C)C)C(C)(C)C. The van der Waals surface area contributed by atoms with Crippen molar-refractivity contribution in [1.29, 1.82) is 0 Å². The molecule has 0 aromatic carbocycles. The molecule has 0 saturated carbocycles. The van der Waals surface area contributed by atoms with Gasteiger partial charge in [-0.25, -0.2) is 9.52 Å². The zero-order chi connectivity index (χ0) is 30.5. The number of nitrogens with one attached hydrogen (secondary N) is 4. The molecule has 0 aliphatic carbocycles. The number of ketones is 1. The van der Waals surface area contributed by atoms with Gasteiger partial charge in [0.2, 0.25) is 11.7 Å². The molecule has 1 fully saturated rings. The number of amides is 4. The van der Waals surface area contributed by atoms with Crippen LogP contribution in [-0.2, 0) is 28.1 Å². The minimum atomic E-state index is -0.849. The Morgan fingerprint density at radius 3 is 2.35 bits per heavy atom. The van der Waals surface area contributed by atoms with Gasteiger partial charge in [0, 0.05) is 13.1 Å². The predicted molar refractivity (Wildman–Crippen MR) is 154 cm³/mol. The maximum atomic E-state index is 13.6. The van der Waals surface area contributed by atoms with E-state index in [2.05, 4.69) is 27.3 Å². The first-order valence-electron chi connectivity index (χ1n) is 13.6. The molecular weight excluding hydrogens is 538 g/mol. The summed E-state index contributed by atoms with van der Waals surface area (Å²) in [7, 11) is 0. The molecule has 1 heterocycles. The first-order valence-corrected chi connectivity index (χ1v) is 14.4. The van der Waals surface area contributed by atoms with Crippen LogP contribution in [0.2, 0.25) is 0 Å². The van der Waals surface area contributed by atoms with E-state index in [0.717, 1.165) is 25.1 Å². The normalized spacial score (nSPS) is 17.0. The number of Topliss-reactive ketones (excluding diaryl/α,β-unsaturated/α-hetero) is 1. The molecule has 3 atom stereocenters. The number of esters is 1. The Bertz CT molecular complexity index is 901. The van der Waals surface area contributed by atoms with Crippen molar-refractivity contribution < 1.29 is 32.9 Å². The van der Waals surface area contributed by atoms with Gasteiger partial charge in [-0.05, 0) is 45.4 Å². The van der Waals surface area contributed by atoms with Gasteiger partial charge < -0.3 is 25.6 Å². The molecule has 1 rings (SSSR count). The Labute approximate surface area is 242 Å². The van der Waals surface area contributed by atoms with Gasteiger partial charge in [0.1, 0.15) is 18.2 Å². The summed E-state index contributed by atoms with van der Waals surface area (Å²) in [4.78, 5) is 64.2. The molecule has 0 radical (unpaired) electrons. The zero-order valence-corrected chi connectivity index (χ0v) is 25.7. The van der Waals surface area contributed by atoms with E-state index >= 15 is 0 Å². The summed E-state index contributed by atoms with van der Waals surface area (Å²) in [5.41, 5.74) is -1.28. The Morgan fingerprint density at radius 1 is 1.10 bits per heavy atom. The van der Waals surface area contributed by atoms with Crippen molar-refractivity contribution in [1.82, 2.24) is 25.6 Å². The maximum Gasteiger partial charge on any atom is 0.325 e. The lowest BCUT2D eigenvalue weighted by molar-refractivity contribution is -0.153. The van der Waals surface area contributed by atoms with Crippen molar-refractivity contribution in [2.45, 2.75) is 97.9 Å². The molecule has 0 spiro atoms. The molecule has 40 heavy (non-hydrogen) atoms. The van der Waals surface area contributed by atoms with Gasteiger partial charge >= 0.3 is 12.0 Å². The molecule has 1 saturated heterocycles. The minimum absolute atomic E-state index is 0.195. The van der Waals surface area contributed by atoms with Crippen molar-refractivity contribution in [3.8, 4) is 0 Å². The van der Waals surface area contributed by atoms with Crippen LogP contribution in [0, 0.1) is 5.41 Å². The van der Waals surface area contributed by atoms with Crippen LogP contribution in [0.4, 0.5) is 4.79 Å². The van der Waals surface area contributed by atoms with Crippen LogP contribution in [-0.4, -0.2) is 84.5 Å². The summed E-state index contributed by atoms with van der Waals surface area (Å²) in [6, 6.07) is -2.43.